The number of hydrogen-bond acceptors (Lipinski definition) is 3. The first-order valence-electron chi connectivity index (χ1n) is 20.7. The second-order valence-electron chi connectivity index (χ2n) is 17.4. The Morgan fingerprint density at radius 1 is 0.755 bits per heavy atom. The van der Waals surface area contributed by atoms with Gasteiger partial charge in [0.25, 0.3) is 0 Å². The number of carboxylic acid groups (broad SMARTS) is 1. The molecule has 6 aliphatic carbocycles. The van der Waals surface area contributed by atoms with Crippen molar-refractivity contribution in [1.29, 1.82) is 0 Å². The van der Waals surface area contributed by atoms with Gasteiger partial charge in [-0.15, -0.1) is 0 Å². The van der Waals surface area contributed by atoms with E-state index in [1.807, 2.05) is 12.1 Å². The number of aromatic hydroxyl groups is 1. The minimum absolute atomic E-state index is 0.0506. The fraction of sp³-hybridized carbons (Fsp3) is 0.490. The van der Waals surface area contributed by atoms with Crippen LogP contribution in [-0.2, 0) is 22.0 Å². The average Bonchev–Trinajstić information content (AvgIpc) is 3.64. The SMILES string of the molecule is O=C(O)[C@H]1C/C=C2\CC[C@@](c3ccc(O)cc3)(Cc3cccc(c3)[C@@]13CC[C@@H]1C=c4ccccc4=C[C@@H]1C3)[C@H](CCCCCC[C@@H]1C=C(CO)CC1)C2. The van der Waals surface area contributed by atoms with Crippen molar-refractivity contribution in [1.82, 2.24) is 0 Å². The van der Waals surface area contributed by atoms with Crippen molar-refractivity contribution < 1.29 is 20.1 Å². The number of benzene rings is 3. The van der Waals surface area contributed by atoms with Gasteiger partial charge >= 0.3 is 5.97 Å². The minimum Gasteiger partial charge on any atom is -0.508 e. The summed E-state index contributed by atoms with van der Waals surface area (Å²) in [6, 6.07) is 25.9. The molecule has 4 heteroatoms. The summed E-state index contributed by atoms with van der Waals surface area (Å²) in [5, 5.41) is 33.5. The van der Waals surface area contributed by atoms with Gasteiger partial charge in [-0.1, -0.05) is 116 Å². The van der Waals surface area contributed by atoms with Crippen molar-refractivity contribution in [3.63, 3.8) is 0 Å². The van der Waals surface area contributed by atoms with Gasteiger partial charge in [0.1, 0.15) is 5.75 Å². The fourth-order valence-corrected chi connectivity index (χ4v) is 11.6. The highest BCUT2D eigenvalue weighted by atomic mass is 16.4. The maximum absolute atomic E-state index is 13.5. The van der Waals surface area contributed by atoms with Crippen molar-refractivity contribution in [2.75, 3.05) is 6.61 Å². The Hall–Kier alpha value is -3.89. The predicted molar refractivity (Wildman–Crippen MR) is 214 cm³/mol. The number of phenols is 1. The Labute approximate surface area is 316 Å². The molecule has 7 atom stereocenters. The van der Waals surface area contributed by atoms with Gasteiger partial charge in [-0.25, -0.2) is 0 Å². The molecule has 3 N–H and O–H groups in total. The van der Waals surface area contributed by atoms with Gasteiger partial charge in [0.2, 0.25) is 0 Å². The number of allylic oxidation sites excluding steroid dienone is 3. The number of aliphatic carboxylic acids is 1. The molecular formula is C49H58O4. The van der Waals surface area contributed by atoms with Crippen molar-refractivity contribution in [3.05, 3.63) is 123 Å². The van der Waals surface area contributed by atoms with E-state index >= 15 is 0 Å². The van der Waals surface area contributed by atoms with E-state index < -0.39 is 17.3 Å². The number of fused-ring (bicyclic) bond motifs is 6. The number of rotatable bonds is 10. The first-order chi connectivity index (χ1) is 25.8. The zero-order valence-corrected chi connectivity index (χ0v) is 31.4. The van der Waals surface area contributed by atoms with Crippen LogP contribution >= 0.6 is 0 Å². The van der Waals surface area contributed by atoms with E-state index in [1.165, 1.54) is 76.8 Å². The normalized spacial score (nSPS) is 31.5. The summed E-state index contributed by atoms with van der Waals surface area (Å²) in [7, 11) is 0. The lowest BCUT2D eigenvalue weighted by Gasteiger charge is -2.49. The molecule has 0 saturated heterocycles. The Morgan fingerprint density at radius 2 is 1.53 bits per heavy atom. The molecule has 2 fully saturated rings. The monoisotopic (exact) mass is 710 g/mol. The zero-order chi connectivity index (χ0) is 36.4. The average molecular weight is 711 g/mol. The Morgan fingerprint density at radius 3 is 2.28 bits per heavy atom. The van der Waals surface area contributed by atoms with Crippen LogP contribution in [0.15, 0.2) is 96.1 Å². The molecule has 278 valence electrons. The summed E-state index contributed by atoms with van der Waals surface area (Å²) in [5.74, 6) is 1.03. The third-order valence-electron chi connectivity index (χ3n) is 14.5. The maximum Gasteiger partial charge on any atom is 0.307 e. The van der Waals surface area contributed by atoms with Crippen LogP contribution in [0.2, 0.25) is 0 Å². The summed E-state index contributed by atoms with van der Waals surface area (Å²) in [5.41, 5.74) is 6.04. The van der Waals surface area contributed by atoms with Crippen LogP contribution in [-0.4, -0.2) is 27.9 Å². The topological polar surface area (TPSA) is 77.8 Å². The van der Waals surface area contributed by atoms with Crippen LogP contribution in [0.4, 0.5) is 0 Å². The summed E-state index contributed by atoms with van der Waals surface area (Å²) in [6.45, 7) is 0.215. The number of hydrogen-bond donors (Lipinski definition) is 3. The van der Waals surface area contributed by atoms with Crippen molar-refractivity contribution in [2.45, 2.75) is 114 Å². The van der Waals surface area contributed by atoms with Crippen LogP contribution in [0.25, 0.3) is 12.2 Å². The number of carbonyl (C=O) groups is 1. The summed E-state index contributed by atoms with van der Waals surface area (Å²) < 4.78 is 0. The lowest BCUT2D eigenvalue weighted by atomic mass is 9.54. The molecule has 4 bridgehead atoms. The Balaban J connectivity index is 1.10. The second kappa shape index (κ2) is 15.5. The number of unbranched alkanes of at least 4 members (excludes halogenated alkanes) is 3. The van der Waals surface area contributed by atoms with E-state index in [9.17, 15) is 20.1 Å². The molecule has 4 nitrogen and oxygen atoms in total. The standard InChI is InChI=1S/C49H58O4/c50-33-37-15-14-34(26-37)8-3-1-2-4-12-43-27-35-16-21-46(47(52)53)49(25-23-40-29-38-10-5-6-11-39(38)30-41(40)32-49)44-13-7-9-36(28-44)31-48(43,24-22-35)42-17-19-45(51)20-18-42/h5-7,9-11,13,16-20,26,28-30,34,40-41,43,46,50-51H,1-4,8,12,14-15,21-25,27,31-33H2,(H,52,53)/b35-16+/t34-,40+,41+,43+,46+,48-,49-/m0/s1. The van der Waals surface area contributed by atoms with Gasteiger partial charge in [-0.3, -0.25) is 4.79 Å². The highest BCUT2D eigenvalue weighted by Gasteiger charge is 2.50. The largest absolute Gasteiger partial charge is 0.508 e. The quantitative estimate of drug-likeness (QED) is 0.145. The molecule has 0 aromatic heterocycles. The number of aliphatic hydroxyl groups is 1. The first kappa shape index (κ1) is 36.1. The third-order valence-corrected chi connectivity index (χ3v) is 14.5. The van der Waals surface area contributed by atoms with Gasteiger partial charge < -0.3 is 15.3 Å². The van der Waals surface area contributed by atoms with Gasteiger partial charge in [-0.2, -0.15) is 0 Å². The molecule has 1 spiro atoms. The maximum atomic E-state index is 13.5. The van der Waals surface area contributed by atoms with Crippen LogP contribution < -0.4 is 10.4 Å². The molecular weight excluding hydrogens is 653 g/mol. The van der Waals surface area contributed by atoms with Crippen molar-refractivity contribution in [3.8, 4) is 5.75 Å². The first-order valence-corrected chi connectivity index (χ1v) is 20.7. The van der Waals surface area contributed by atoms with Gasteiger partial charge in [0.15, 0.2) is 0 Å². The fourth-order valence-electron chi connectivity index (χ4n) is 11.6. The highest BCUT2D eigenvalue weighted by molar-refractivity contribution is 5.73. The molecule has 9 rings (SSSR count). The van der Waals surface area contributed by atoms with E-state index in [2.05, 4.69) is 85.0 Å². The molecule has 0 radical (unpaired) electrons. The molecule has 0 amide bonds. The van der Waals surface area contributed by atoms with Crippen molar-refractivity contribution >= 4 is 18.1 Å². The van der Waals surface area contributed by atoms with Crippen LogP contribution in [0.5, 0.6) is 5.75 Å². The summed E-state index contributed by atoms with van der Waals surface area (Å²) >= 11 is 0. The van der Waals surface area contributed by atoms with Crippen molar-refractivity contribution in [2.24, 2.45) is 29.6 Å². The Bertz CT molecular complexity index is 1970. The van der Waals surface area contributed by atoms with E-state index in [0.29, 0.717) is 35.8 Å². The molecule has 0 unspecified atom stereocenters. The number of carboxylic acids is 1. The smallest absolute Gasteiger partial charge is 0.307 e. The summed E-state index contributed by atoms with van der Waals surface area (Å²) in [4.78, 5) is 13.5. The third kappa shape index (κ3) is 7.33. The predicted octanol–water partition coefficient (Wildman–Crippen LogP) is 9.30. The number of aliphatic hydroxyl groups excluding tert-OH is 1. The molecule has 6 aliphatic rings. The molecule has 0 aliphatic heterocycles. The van der Waals surface area contributed by atoms with E-state index in [4.69, 9.17) is 0 Å². The lowest BCUT2D eigenvalue weighted by molar-refractivity contribution is -0.145. The van der Waals surface area contributed by atoms with Gasteiger partial charge in [0.05, 0.1) is 12.5 Å². The summed E-state index contributed by atoms with van der Waals surface area (Å²) in [6.07, 6.45) is 26.4. The molecule has 2 saturated carbocycles. The lowest BCUT2D eigenvalue weighted by Crippen LogP contribution is -2.47. The van der Waals surface area contributed by atoms with E-state index in [1.54, 1.807) is 0 Å². The van der Waals surface area contributed by atoms with Crippen LogP contribution in [0, 0.1) is 29.6 Å². The molecule has 53 heavy (non-hydrogen) atoms. The highest BCUT2D eigenvalue weighted by Crippen LogP contribution is 2.55. The van der Waals surface area contributed by atoms with Crippen LogP contribution in [0.1, 0.15) is 113 Å². The Kier molecular flexibility index (Phi) is 10.5. The molecule has 0 heterocycles. The minimum atomic E-state index is -0.658. The number of phenolic OH excluding ortho intramolecular Hbond substituents is 1. The van der Waals surface area contributed by atoms with Gasteiger partial charge in [-0.05, 0) is 146 Å². The second-order valence-corrected chi connectivity index (χ2v) is 17.4. The molecule has 3 aromatic rings. The molecule has 3 aromatic carbocycles. The van der Waals surface area contributed by atoms with Gasteiger partial charge in [0, 0.05) is 10.8 Å². The van der Waals surface area contributed by atoms with Crippen LogP contribution in [0.3, 0.4) is 0 Å². The van der Waals surface area contributed by atoms with E-state index in [-0.39, 0.29) is 12.0 Å². The zero-order valence-electron chi connectivity index (χ0n) is 31.4. The van der Waals surface area contributed by atoms with E-state index in [0.717, 1.165) is 57.8 Å².